The third-order valence-electron chi connectivity index (χ3n) is 4.25. The van der Waals surface area contributed by atoms with Crippen LogP contribution in [0.4, 0.5) is 4.79 Å². The van der Waals surface area contributed by atoms with E-state index in [2.05, 4.69) is 5.32 Å². The van der Waals surface area contributed by atoms with Crippen LogP contribution in [0.15, 0.2) is 0 Å². The van der Waals surface area contributed by atoms with Gasteiger partial charge in [-0.1, -0.05) is 32.1 Å². The Kier molecular flexibility index (Phi) is 15.9. The maximum Gasteiger partial charge on any atom is 0.407 e. The third-order valence-corrected chi connectivity index (χ3v) is 4.25. The van der Waals surface area contributed by atoms with Crippen molar-refractivity contribution in [2.45, 2.75) is 104 Å². The summed E-state index contributed by atoms with van der Waals surface area (Å²) in [5.41, 5.74) is 4.62. The molecule has 2 amide bonds. The van der Waals surface area contributed by atoms with Crippen molar-refractivity contribution < 1.29 is 28.6 Å². The van der Waals surface area contributed by atoms with Gasteiger partial charge in [0.15, 0.2) is 0 Å². The van der Waals surface area contributed by atoms with E-state index in [0.717, 1.165) is 44.9 Å². The predicted octanol–water partition coefficient (Wildman–Crippen LogP) is 3.85. The Balaban J connectivity index is 3.83. The van der Waals surface area contributed by atoms with Crippen LogP contribution in [0, 0.1) is 0 Å². The minimum absolute atomic E-state index is 0.107. The van der Waals surface area contributed by atoms with Crippen LogP contribution in [0.5, 0.6) is 0 Å². The first-order chi connectivity index (χ1) is 14.1. The highest BCUT2D eigenvalue weighted by atomic mass is 16.6. The molecule has 0 fully saturated rings. The molecule has 30 heavy (non-hydrogen) atoms. The lowest BCUT2D eigenvalue weighted by Gasteiger charge is -2.23. The van der Waals surface area contributed by atoms with Crippen LogP contribution in [0.3, 0.4) is 0 Å². The van der Waals surface area contributed by atoms with Gasteiger partial charge in [-0.15, -0.1) is 0 Å². The van der Waals surface area contributed by atoms with Crippen molar-refractivity contribution in [2.24, 2.45) is 5.73 Å². The van der Waals surface area contributed by atoms with Crippen molar-refractivity contribution in [1.29, 1.82) is 0 Å². The van der Waals surface area contributed by atoms with Crippen molar-refractivity contribution in [3.05, 3.63) is 0 Å². The third kappa shape index (κ3) is 19.5. The highest BCUT2D eigenvalue weighted by molar-refractivity contribution is 5.74. The molecule has 1 atom stereocenters. The van der Waals surface area contributed by atoms with E-state index in [1.54, 1.807) is 20.8 Å². The van der Waals surface area contributed by atoms with Crippen molar-refractivity contribution in [2.75, 3.05) is 19.8 Å². The van der Waals surface area contributed by atoms with E-state index in [-0.39, 0.29) is 18.4 Å². The fourth-order valence-corrected chi connectivity index (χ4v) is 2.80. The number of alkyl carbamates (subject to hydrolysis) is 1. The van der Waals surface area contributed by atoms with E-state index in [1.807, 2.05) is 6.92 Å². The lowest BCUT2D eigenvalue weighted by Crippen LogP contribution is -2.42. The smallest absolute Gasteiger partial charge is 0.407 e. The molecule has 0 aliphatic carbocycles. The van der Waals surface area contributed by atoms with E-state index >= 15 is 0 Å². The van der Waals surface area contributed by atoms with Crippen LogP contribution < -0.4 is 11.1 Å². The Morgan fingerprint density at radius 3 is 2.10 bits per heavy atom. The monoisotopic (exact) mass is 430 g/mol. The van der Waals surface area contributed by atoms with Crippen LogP contribution >= 0.6 is 0 Å². The fraction of sp³-hybridized carbons (Fsp3) is 0.864. The second-order valence-corrected chi connectivity index (χ2v) is 8.45. The topological polar surface area (TPSA) is 117 Å². The lowest BCUT2D eigenvalue weighted by molar-refractivity contribution is -0.143. The lowest BCUT2D eigenvalue weighted by atomic mass is 10.1. The van der Waals surface area contributed by atoms with Gasteiger partial charge in [-0.05, 0) is 47.0 Å². The quantitative estimate of drug-likeness (QED) is 0.267. The highest BCUT2D eigenvalue weighted by Crippen LogP contribution is 2.10. The molecule has 176 valence electrons. The van der Waals surface area contributed by atoms with Crippen molar-refractivity contribution in [3.8, 4) is 0 Å². The average Bonchev–Trinajstić information content (AvgIpc) is 2.62. The number of ether oxygens (including phenoxy) is 3. The van der Waals surface area contributed by atoms with Gasteiger partial charge in [-0.25, -0.2) is 4.79 Å². The van der Waals surface area contributed by atoms with Gasteiger partial charge >= 0.3 is 12.1 Å². The standard InChI is InChI=1S/C22H42N2O6/c1-5-29-20(26)13-11-9-7-6-8-10-12-16-28-17-18(14-15-19(23)25)24-21(27)30-22(2,3)4/h18H,5-17H2,1-4H3,(H2,23,25)(H,24,27)/t18-/m0/s1. The summed E-state index contributed by atoms with van der Waals surface area (Å²) >= 11 is 0. The number of carbonyl (C=O) groups is 3. The van der Waals surface area contributed by atoms with Crippen molar-refractivity contribution >= 4 is 18.0 Å². The number of rotatable bonds is 17. The second kappa shape index (κ2) is 16.9. The number of carbonyl (C=O) groups excluding carboxylic acids is 3. The van der Waals surface area contributed by atoms with E-state index in [0.29, 0.717) is 32.7 Å². The van der Waals surface area contributed by atoms with Gasteiger partial charge < -0.3 is 25.3 Å². The highest BCUT2D eigenvalue weighted by Gasteiger charge is 2.20. The van der Waals surface area contributed by atoms with Gasteiger partial charge in [0.2, 0.25) is 5.91 Å². The first kappa shape index (κ1) is 28.2. The number of primary amides is 1. The summed E-state index contributed by atoms with van der Waals surface area (Å²) in [5, 5.41) is 2.75. The number of hydrogen-bond donors (Lipinski definition) is 2. The maximum atomic E-state index is 11.9. The fourth-order valence-electron chi connectivity index (χ4n) is 2.80. The molecule has 0 saturated heterocycles. The summed E-state index contributed by atoms with van der Waals surface area (Å²) in [6, 6.07) is -0.313. The first-order valence-corrected chi connectivity index (χ1v) is 11.1. The number of unbranched alkanes of at least 4 members (excludes halogenated alkanes) is 6. The largest absolute Gasteiger partial charge is 0.466 e. The molecule has 0 saturated carbocycles. The Morgan fingerprint density at radius 1 is 0.933 bits per heavy atom. The van der Waals surface area contributed by atoms with Crippen molar-refractivity contribution in [3.63, 3.8) is 0 Å². The van der Waals surface area contributed by atoms with Gasteiger partial charge in [0, 0.05) is 19.4 Å². The zero-order valence-corrected chi connectivity index (χ0v) is 19.3. The average molecular weight is 431 g/mol. The molecule has 0 bridgehead atoms. The number of esters is 1. The van der Waals surface area contributed by atoms with E-state index in [1.165, 1.54) is 0 Å². The molecule has 0 rings (SSSR count). The Bertz CT molecular complexity index is 491. The summed E-state index contributed by atoms with van der Waals surface area (Å²) in [6.45, 7) is 8.57. The summed E-state index contributed by atoms with van der Waals surface area (Å²) < 4.78 is 15.8. The molecule has 0 spiro atoms. The van der Waals surface area contributed by atoms with Crippen LogP contribution in [0.25, 0.3) is 0 Å². The number of amides is 2. The van der Waals surface area contributed by atoms with E-state index < -0.39 is 17.6 Å². The minimum atomic E-state index is -0.585. The molecule has 0 aliphatic heterocycles. The van der Waals surface area contributed by atoms with Gasteiger partial charge in [0.25, 0.3) is 0 Å². The first-order valence-electron chi connectivity index (χ1n) is 11.1. The zero-order valence-electron chi connectivity index (χ0n) is 19.3. The molecule has 0 aromatic heterocycles. The van der Waals surface area contributed by atoms with Crippen LogP contribution in [-0.2, 0) is 23.8 Å². The van der Waals surface area contributed by atoms with Gasteiger partial charge in [-0.3, -0.25) is 9.59 Å². The molecule has 0 aromatic carbocycles. The molecule has 8 nitrogen and oxygen atoms in total. The van der Waals surface area contributed by atoms with Gasteiger partial charge in [0.05, 0.1) is 19.3 Å². The van der Waals surface area contributed by atoms with E-state index in [9.17, 15) is 14.4 Å². The molecular weight excluding hydrogens is 388 g/mol. The number of nitrogens with two attached hydrogens (primary N) is 1. The van der Waals surface area contributed by atoms with Crippen LogP contribution in [0.1, 0.15) is 91.9 Å². The molecular formula is C22H42N2O6. The van der Waals surface area contributed by atoms with E-state index in [4.69, 9.17) is 19.9 Å². The molecule has 0 heterocycles. The zero-order chi connectivity index (χ0) is 22.8. The molecule has 0 aliphatic rings. The molecule has 0 radical (unpaired) electrons. The summed E-state index contributed by atoms with van der Waals surface area (Å²) in [6.07, 6.45) is 7.93. The normalized spacial score (nSPS) is 12.3. The Hall–Kier alpha value is -1.83. The number of nitrogens with one attached hydrogen (secondary N) is 1. The second-order valence-electron chi connectivity index (χ2n) is 8.45. The van der Waals surface area contributed by atoms with Gasteiger partial charge in [0.1, 0.15) is 5.60 Å². The molecule has 3 N–H and O–H groups in total. The summed E-state index contributed by atoms with van der Waals surface area (Å²) in [5.74, 6) is -0.516. The number of hydrogen-bond acceptors (Lipinski definition) is 6. The molecule has 8 heteroatoms. The van der Waals surface area contributed by atoms with Crippen LogP contribution in [0.2, 0.25) is 0 Å². The summed E-state index contributed by atoms with van der Waals surface area (Å²) in [4.78, 5) is 34.2. The maximum absolute atomic E-state index is 11.9. The Labute approximate surface area is 181 Å². The molecule has 0 aromatic rings. The Morgan fingerprint density at radius 2 is 1.53 bits per heavy atom. The molecule has 0 unspecified atom stereocenters. The van der Waals surface area contributed by atoms with Gasteiger partial charge in [-0.2, -0.15) is 0 Å². The summed E-state index contributed by atoms with van der Waals surface area (Å²) in [7, 11) is 0. The van der Waals surface area contributed by atoms with Crippen molar-refractivity contribution in [1.82, 2.24) is 5.32 Å². The SMILES string of the molecule is CCOC(=O)CCCCCCCCCOC[C@H](CCC(N)=O)NC(=O)OC(C)(C)C. The van der Waals surface area contributed by atoms with Crippen LogP contribution in [-0.4, -0.2) is 49.4 Å². The predicted molar refractivity (Wildman–Crippen MR) is 116 cm³/mol. The minimum Gasteiger partial charge on any atom is -0.466 e.